The molecule has 0 atom stereocenters. The lowest BCUT2D eigenvalue weighted by Gasteiger charge is -2.10. The molecule has 4 aromatic carbocycles. The predicted molar refractivity (Wildman–Crippen MR) is 210 cm³/mol. The van der Waals surface area contributed by atoms with Crippen molar-refractivity contribution in [3.05, 3.63) is 97.1 Å². The summed E-state index contributed by atoms with van der Waals surface area (Å²) in [7, 11) is 0. The highest BCUT2D eigenvalue weighted by Crippen LogP contribution is 2.32. The zero-order valence-corrected chi connectivity index (χ0v) is 31.8. The highest BCUT2D eigenvalue weighted by Gasteiger charge is 2.10. The van der Waals surface area contributed by atoms with E-state index in [1.54, 1.807) is 0 Å². The Hall–Kier alpha value is -4.60. The Morgan fingerprint density at radius 1 is 0.273 bits per heavy atom. The first-order chi connectivity index (χ1) is 27.3. The third kappa shape index (κ3) is 14.2. The number of benzene rings is 4. The number of hydrogen-bond acceptors (Lipinski definition) is 13. The molecule has 0 unspecified atom stereocenters. The molecule has 10 bridgehead atoms. The maximum absolute atomic E-state index is 5.83. The van der Waals surface area contributed by atoms with Crippen molar-refractivity contribution in [2.24, 2.45) is 0 Å². The molecule has 0 radical (unpaired) electrons. The lowest BCUT2D eigenvalue weighted by Crippen LogP contribution is -2.14. The van der Waals surface area contributed by atoms with Crippen molar-refractivity contribution in [2.45, 2.75) is 0 Å². The molecular formula is C42H48N2O10S. The van der Waals surface area contributed by atoms with Gasteiger partial charge in [0.25, 0.3) is 0 Å². The van der Waals surface area contributed by atoms with Gasteiger partial charge in [-0.1, -0.05) is 35.6 Å². The van der Waals surface area contributed by atoms with Gasteiger partial charge in [0.15, 0.2) is 0 Å². The van der Waals surface area contributed by atoms with Crippen LogP contribution in [0.4, 0.5) is 0 Å². The molecule has 12 nitrogen and oxygen atoms in total. The van der Waals surface area contributed by atoms with E-state index in [2.05, 4.69) is 10.2 Å². The number of rotatable bonds is 0. The number of nitrogens with zero attached hydrogens (tertiary/aromatic N) is 2. The molecule has 8 aliphatic heterocycles. The van der Waals surface area contributed by atoms with Gasteiger partial charge in [0, 0.05) is 11.1 Å². The second-order valence-corrected chi connectivity index (χ2v) is 13.1. The zero-order valence-electron chi connectivity index (χ0n) is 30.9. The van der Waals surface area contributed by atoms with Crippen molar-refractivity contribution in [1.29, 1.82) is 0 Å². The normalized spacial score (nSPS) is 16.8. The van der Waals surface area contributed by atoms with E-state index in [4.69, 9.17) is 47.4 Å². The number of ether oxygens (including phenoxy) is 10. The van der Waals surface area contributed by atoms with Gasteiger partial charge < -0.3 is 47.4 Å². The second-order valence-electron chi connectivity index (χ2n) is 12.1. The first-order valence-corrected chi connectivity index (χ1v) is 19.3. The minimum Gasteiger partial charge on any atom is -0.491 e. The zero-order chi connectivity index (χ0) is 37.6. The van der Waals surface area contributed by atoms with E-state index in [-0.39, 0.29) is 0 Å². The van der Waals surface area contributed by atoms with Crippen LogP contribution in [-0.2, 0) is 28.4 Å². The fraction of sp³-hybridized carbons (Fsp3) is 0.381. The quantitative estimate of drug-likeness (QED) is 0.164. The van der Waals surface area contributed by atoms with Crippen molar-refractivity contribution < 1.29 is 47.4 Å². The van der Waals surface area contributed by atoms with Gasteiger partial charge in [-0.3, -0.25) is 0 Å². The van der Waals surface area contributed by atoms with Crippen LogP contribution in [0.2, 0.25) is 0 Å². The minimum atomic E-state index is 0.439. The molecule has 1 aromatic heterocycles. The maximum Gasteiger partial charge on any atom is 0.148 e. The summed E-state index contributed by atoms with van der Waals surface area (Å²) in [6.07, 6.45) is 0. The van der Waals surface area contributed by atoms with Crippen molar-refractivity contribution in [2.75, 3.05) is 106 Å². The van der Waals surface area contributed by atoms with Gasteiger partial charge >= 0.3 is 0 Å². The monoisotopic (exact) mass is 772 g/mol. The fourth-order valence-corrected chi connectivity index (χ4v) is 6.14. The number of aromatic nitrogens is 2. The van der Waals surface area contributed by atoms with Gasteiger partial charge in [-0.15, -0.1) is 10.2 Å². The Kier molecular flexibility index (Phi) is 17.0. The van der Waals surface area contributed by atoms with Crippen molar-refractivity contribution in [3.8, 4) is 55.3 Å². The molecular weight excluding hydrogens is 725 g/mol. The standard InChI is InChI=1S/C42H48N2O10S/c1-9-37-10-2-33(1)34-3-11-38(12-4-34)52-30-26-48-22-18-46-20-24-50-28-32-54-40-15-7-36(8-16-40)42-44-43-41(55-42)35-5-13-39(14-6-35)53-31-27-49-23-19-45-17-21-47-25-29-51-37/h1-16H,17-32H2. The molecule has 292 valence electrons. The molecule has 0 N–H and O–H groups in total. The third-order valence-electron chi connectivity index (χ3n) is 8.14. The molecule has 8 aliphatic rings. The predicted octanol–water partition coefficient (Wildman–Crippen LogP) is 6.87. The third-order valence-corrected chi connectivity index (χ3v) is 9.16. The van der Waals surface area contributed by atoms with Crippen LogP contribution in [0, 0.1) is 0 Å². The highest BCUT2D eigenvalue weighted by molar-refractivity contribution is 7.17. The SMILES string of the molecule is c1cc2ccc1OCCOCCOCCOCCOc1ccc(cc1)-c1nnc(s1)-c1ccc(cc1)OCCOCCOCCOCCOc1ccc-2cc1. The Labute approximate surface area is 326 Å². The second kappa shape index (κ2) is 23.3. The Morgan fingerprint density at radius 2 is 0.491 bits per heavy atom. The first-order valence-electron chi connectivity index (χ1n) is 18.5. The molecule has 13 rings (SSSR count). The van der Waals surface area contributed by atoms with Crippen LogP contribution in [0.15, 0.2) is 97.1 Å². The first kappa shape index (κ1) is 40.1. The van der Waals surface area contributed by atoms with Gasteiger partial charge in [-0.05, 0) is 83.9 Å². The Bertz CT molecular complexity index is 1640. The average molecular weight is 773 g/mol. The lowest BCUT2D eigenvalue weighted by molar-refractivity contribution is 0.00499. The van der Waals surface area contributed by atoms with Crippen LogP contribution in [0.25, 0.3) is 32.3 Å². The molecule has 0 saturated heterocycles. The molecule has 9 heterocycles. The lowest BCUT2D eigenvalue weighted by atomic mass is 10.1. The van der Waals surface area contributed by atoms with Crippen molar-refractivity contribution in [3.63, 3.8) is 0 Å². The van der Waals surface area contributed by atoms with E-state index in [1.165, 1.54) is 11.3 Å². The van der Waals surface area contributed by atoms with E-state index < -0.39 is 0 Å². The molecule has 5 aromatic rings. The molecule has 13 heteroatoms. The number of hydrogen-bond donors (Lipinski definition) is 0. The van der Waals surface area contributed by atoms with Gasteiger partial charge in [-0.2, -0.15) is 0 Å². The summed E-state index contributed by atoms with van der Waals surface area (Å²) in [6, 6.07) is 31.6. The van der Waals surface area contributed by atoms with Crippen LogP contribution in [0.5, 0.6) is 23.0 Å². The molecule has 0 aliphatic carbocycles. The molecule has 0 spiro atoms. The summed E-state index contributed by atoms with van der Waals surface area (Å²) in [4.78, 5) is 0. The Morgan fingerprint density at radius 3 is 0.745 bits per heavy atom. The summed E-state index contributed by atoms with van der Waals surface area (Å²) in [5.74, 6) is 3.11. The largest absolute Gasteiger partial charge is 0.491 e. The molecule has 0 saturated carbocycles. The van der Waals surface area contributed by atoms with Crippen LogP contribution in [0.3, 0.4) is 0 Å². The van der Waals surface area contributed by atoms with E-state index in [0.29, 0.717) is 106 Å². The maximum atomic E-state index is 5.83. The van der Waals surface area contributed by atoms with Crippen molar-refractivity contribution in [1.82, 2.24) is 10.2 Å². The topological polar surface area (TPSA) is 118 Å². The van der Waals surface area contributed by atoms with Crippen LogP contribution >= 0.6 is 11.3 Å². The fourth-order valence-electron chi connectivity index (χ4n) is 5.29. The van der Waals surface area contributed by atoms with Gasteiger partial charge in [-0.25, -0.2) is 0 Å². The summed E-state index contributed by atoms with van der Waals surface area (Å²) in [5, 5.41) is 10.5. The highest BCUT2D eigenvalue weighted by atomic mass is 32.1. The average Bonchev–Trinajstić information content (AvgIpc) is 3.73. The van der Waals surface area contributed by atoms with E-state index in [0.717, 1.165) is 55.3 Å². The Balaban J connectivity index is 0.927. The summed E-state index contributed by atoms with van der Waals surface area (Å²) >= 11 is 1.53. The summed E-state index contributed by atoms with van der Waals surface area (Å²) in [5.41, 5.74) is 4.13. The molecule has 0 fully saturated rings. The van der Waals surface area contributed by atoms with Gasteiger partial charge in [0.1, 0.15) is 59.4 Å². The van der Waals surface area contributed by atoms with Crippen LogP contribution in [-0.4, -0.2) is 116 Å². The minimum absolute atomic E-state index is 0.439. The van der Waals surface area contributed by atoms with E-state index in [1.807, 2.05) is 97.1 Å². The van der Waals surface area contributed by atoms with E-state index in [9.17, 15) is 0 Å². The molecule has 0 amide bonds. The smallest absolute Gasteiger partial charge is 0.148 e. The summed E-state index contributed by atoms with van der Waals surface area (Å²) in [6.45, 7) is 7.54. The van der Waals surface area contributed by atoms with Crippen LogP contribution < -0.4 is 18.9 Å². The van der Waals surface area contributed by atoms with Gasteiger partial charge in [0.05, 0.1) is 79.3 Å². The van der Waals surface area contributed by atoms with Gasteiger partial charge in [0.2, 0.25) is 0 Å². The molecule has 55 heavy (non-hydrogen) atoms. The summed E-state index contributed by atoms with van der Waals surface area (Å²) < 4.78 is 57.1. The van der Waals surface area contributed by atoms with Crippen molar-refractivity contribution >= 4 is 11.3 Å². The van der Waals surface area contributed by atoms with E-state index >= 15 is 0 Å². The van der Waals surface area contributed by atoms with Crippen LogP contribution in [0.1, 0.15) is 0 Å².